The van der Waals surface area contributed by atoms with Crippen LogP contribution in [0.25, 0.3) is 0 Å². The number of nitrogens with one attached hydrogen (secondary N) is 1. The second-order valence-electron chi connectivity index (χ2n) is 5.44. The lowest BCUT2D eigenvalue weighted by atomic mass is 9.92. The van der Waals surface area contributed by atoms with Gasteiger partial charge in [0.05, 0.1) is 11.4 Å². The minimum atomic E-state index is 0.268. The van der Waals surface area contributed by atoms with Crippen LogP contribution in [0.2, 0.25) is 0 Å². The van der Waals surface area contributed by atoms with Crippen LogP contribution in [-0.4, -0.2) is 17.2 Å². The Hall–Kier alpha value is -1.74. The lowest BCUT2D eigenvalue weighted by Gasteiger charge is -2.21. The molecule has 0 aliphatic heterocycles. The number of hydrogen-bond acceptors (Lipinski definition) is 3. The molecule has 0 radical (unpaired) electrons. The molecule has 2 rings (SSSR count). The molecule has 1 aromatic heterocycles. The topological polar surface area (TPSA) is 37.8 Å². The first-order chi connectivity index (χ1) is 9.52. The van der Waals surface area contributed by atoms with E-state index in [0.29, 0.717) is 0 Å². The second-order valence-corrected chi connectivity index (χ2v) is 5.44. The quantitative estimate of drug-likeness (QED) is 0.926. The maximum absolute atomic E-state index is 4.24. The second kappa shape index (κ2) is 6.14. The van der Waals surface area contributed by atoms with Crippen molar-refractivity contribution >= 4 is 0 Å². The van der Waals surface area contributed by atoms with Crippen LogP contribution < -0.4 is 5.32 Å². The number of aryl methyl sites for hydroxylation is 4. The van der Waals surface area contributed by atoms with Gasteiger partial charge in [0.2, 0.25) is 0 Å². The van der Waals surface area contributed by atoms with Crippen LogP contribution in [0.1, 0.15) is 39.7 Å². The smallest absolute Gasteiger partial charge is 0.0648 e. The fourth-order valence-electron chi connectivity index (χ4n) is 2.67. The first-order valence-electron chi connectivity index (χ1n) is 7.06. The molecule has 1 unspecified atom stereocenters. The van der Waals surface area contributed by atoms with Crippen molar-refractivity contribution in [2.24, 2.45) is 0 Å². The summed E-state index contributed by atoms with van der Waals surface area (Å²) in [5.41, 5.74) is 7.32. The van der Waals surface area contributed by atoms with Crippen LogP contribution in [0.15, 0.2) is 24.3 Å². The van der Waals surface area contributed by atoms with E-state index in [4.69, 9.17) is 0 Å². The summed E-state index contributed by atoms with van der Waals surface area (Å²) in [7, 11) is 2.01. The van der Waals surface area contributed by atoms with E-state index in [2.05, 4.69) is 53.6 Å². The molecule has 20 heavy (non-hydrogen) atoms. The molecular weight excluding hydrogens is 246 g/mol. The van der Waals surface area contributed by atoms with Crippen molar-refractivity contribution in [2.75, 3.05) is 7.05 Å². The van der Waals surface area contributed by atoms with Gasteiger partial charge in [-0.2, -0.15) is 10.2 Å². The molecule has 0 saturated carbocycles. The molecule has 1 heterocycles. The van der Waals surface area contributed by atoms with Gasteiger partial charge < -0.3 is 5.32 Å². The van der Waals surface area contributed by atoms with Crippen LogP contribution in [0.5, 0.6) is 0 Å². The number of benzene rings is 1. The summed E-state index contributed by atoms with van der Waals surface area (Å²) in [4.78, 5) is 0. The molecule has 1 aromatic carbocycles. The van der Waals surface area contributed by atoms with Crippen molar-refractivity contribution in [3.8, 4) is 0 Å². The first kappa shape index (κ1) is 14.7. The lowest BCUT2D eigenvalue weighted by molar-refractivity contribution is 0.579. The van der Waals surface area contributed by atoms with Gasteiger partial charge in [0.25, 0.3) is 0 Å². The first-order valence-corrected chi connectivity index (χ1v) is 7.06. The van der Waals surface area contributed by atoms with Gasteiger partial charge in [-0.05, 0) is 69.5 Å². The highest BCUT2D eigenvalue weighted by Gasteiger charge is 2.16. The summed E-state index contributed by atoms with van der Waals surface area (Å²) in [6.07, 6.45) is 0.973. The zero-order valence-electron chi connectivity index (χ0n) is 13.0. The van der Waals surface area contributed by atoms with Gasteiger partial charge >= 0.3 is 0 Å². The maximum Gasteiger partial charge on any atom is 0.0648 e. The number of aromatic nitrogens is 2. The summed E-state index contributed by atoms with van der Waals surface area (Å²) >= 11 is 0. The Balaban J connectivity index is 2.36. The van der Waals surface area contributed by atoms with E-state index < -0.39 is 0 Å². The van der Waals surface area contributed by atoms with Crippen LogP contribution in [0.4, 0.5) is 0 Å². The minimum absolute atomic E-state index is 0.268. The van der Waals surface area contributed by atoms with Gasteiger partial charge in [-0.25, -0.2) is 0 Å². The molecule has 0 amide bonds. The largest absolute Gasteiger partial charge is 0.313 e. The third kappa shape index (κ3) is 3.05. The molecule has 0 fully saturated rings. The van der Waals surface area contributed by atoms with Crippen LogP contribution >= 0.6 is 0 Å². The highest BCUT2D eigenvalue weighted by atomic mass is 15.1. The number of likely N-dealkylation sites (N-methyl/N-ethyl adjacent to an activating group) is 1. The van der Waals surface area contributed by atoms with Crippen molar-refractivity contribution in [1.29, 1.82) is 0 Å². The Bertz CT molecular complexity index is 585. The van der Waals surface area contributed by atoms with E-state index in [0.717, 1.165) is 17.8 Å². The molecule has 0 aliphatic rings. The predicted octanol–water partition coefficient (Wildman–Crippen LogP) is 3.21. The molecule has 1 N–H and O–H groups in total. The van der Waals surface area contributed by atoms with Crippen LogP contribution in [-0.2, 0) is 6.42 Å². The number of rotatable bonds is 4. The molecule has 3 heteroatoms. The zero-order chi connectivity index (χ0) is 14.7. The van der Waals surface area contributed by atoms with Crippen molar-refractivity contribution in [3.05, 3.63) is 57.9 Å². The Morgan fingerprint density at radius 3 is 2.30 bits per heavy atom. The van der Waals surface area contributed by atoms with Gasteiger partial charge in [0.1, 0.15) is 0 Å². The molecule has 0 spiro atoms. The van der Waals surface area contributed by atoms with E-state index >= 15 is 0 Å². The fourth-order valence-corrected chi connectivity index (χ4v) is 2.67. The van der Waals surface area contributed by atoms with Gasteiger partial charge in [-0.1, -0.05) is 18.2 Å². The van der Waals surface area contributed by atoms with Gasteiger partial charge in [-0.3, -0.25) is 0 Å². The van der Waals surface area contributed by atoms with Crippen molar-refractivity contribution in [3.63, 3.8) is 0 Å². The van der Waals surface area contributed by atoms with E-state index in [1.165, 1.54) is 22.3 Å². The average molecular weight is 269 g/mol. The third-order valence-electron chi connectivity index (χ3n) is 3.92. The highest BCUT2D eigenvalue weighted by Crippen LogP contribution is 2.24. The van der Waals surface area contributed by atoms with E-state index in [1.807, 2.05) is 20.9 Å². The summed E-state index contributed by atoms with van der Waals surface area (Å²) in [5.74, 6) is 0. The Morgan fingerprint density at radius 2 is 1.70 bits per heavy atom. The summed E-state index contributed by atoms with van der Waals surface area (Å²) in [5, 5.41) is 11.8. The van der Waals surface area contributed by atoms with E-state index in [9.17, 15) is 0 Å². The van der Waals surface area contributed by atoms with Crippen LogP contribution in [0.3, 0.4) is 0 Å². The van der Waals surface area contributed by atoms with E-state index in [1.54, 1.807) is 0 Å². The molecule has 0 bridgehead atoms. The van der Waals surface area contributed by atoms with Crippen molar-refractivity contribution < 1.29 is 0 Å². The normalized spacial score (nSPS) is 12.4. The lowest BCUT2D eigenvalue weighted by Crippen LogP contribution is -2.21. The summed E-state index contributed by atoms with van der Waals surface area (Å²) in [6, 6.07) is 8.88. The number of hydrogen-bond donors (Lipinski definition) is 1. The molecular formula is C17H23N3. The molecule has 2 aromatic rings. The molecule has 0 saturated heterocycles. The number of nitrogens with zero attached hydrogens (tertiary/aromatic N) is 2. The third-order valence-corrected chi connectivity index (χ3v) is 3.92. The zero-order valence-corrected chi connectivity index (χ0v) is 13.0. The SMILES string of the molecule is CNC(Cc1c(C)cccc1C)c1cc(C)nnc1C. The average Bonchev–Trinajstić information content (AvgIpc) is 2.42. The Morgan fingerprint density at radius 1 is 1.05 bits per heavy atom. The summed E-state index contributed by atoms with van der Waals surface area (Å²) < 4.78 is 0. The molecule has 106 valence electrons. The Labute approximate surface area is 121 Å². The highest BCUT2D eigenvalue weighted by molar-refractivity contribution is 5.36. The van der Waals surface area contributed by atoms with Gasteiger partial charge in [0, 0.05) is 6.04 Å². The fraction of sp³-hybridized carbons (Fsp3) is 0.412. The Kier molecular flexibility index (Phi) is 4.50. The molecule has 0 aliphatic carbocycles. The van der Waals surface area contributed by atoms with E-state index in [-0.39, 0.29) is 6.04 Å². The molecule has 3 nitrogen and oxygen atoms in total. The molecule has 1 atom stereocenters. The predicted molar refractivity (Wildman–Crippen MR) is 82.9 cm³/mol. The maximum atomic E-state index is 4.24. The van der Waals surface area contributed by atoms with Gasteiger partial charge in [-0.15, -0.1) is 0 Å². The van der Waals surface area contributed by atoms with Crippen molar-refractivity contribution in [1.82, 2.24) is 15.5 Å². The summed E-state index contributed by atoms with van der Waals surface area (Å²) in [6.45, 7) is 8.37. The van der Waals surface area contributed by atoms with Gasteiger partial charge in [0.15, 0.2) is 0 Å². The monoisotopic (exact) mass is 269 g/mol. The van der Waals surface area contributed by atoms with Crippen LogP contribution in [0, 0.1) is 27.7 Å². The van der Waals surface area contributed by atoms with Crippen molar-refractivity contribution in [2.45, 2.75) is 40.2 Å². The minimum Gasteiger partial charge on any atom is -0.313 e. The standard InChI is InChI=1S/C17H23N3/c1-11-7-6-8-12(2)15(11)10-17(18-5)16-9-13(3)19-20-14(16)4/h6-9,17-18H,10H2,1-5H3.